The Kier molecular flexibility index (Phi) is 6.49. The Morgan fingerprint density at radius 3 is 2.42 bits per heavy atom. The molecule has 31 heavy (non-hydrogen) atoms. The lowest BCUT2D eigenvalue weighted by Crippen LogP contribution is -2.52. The summed E-state index contributed by atoms with van der Waals surface area (Å²) >= 11 is 0. The number of likely N-dealkylation sites (tertiary alicyclic amines) is 1. The zero-order valence-corrected chi connectivity index (χ0v) is 18.3. The SMILES string of the molecule is CC[C@H](C)C(=O)N1CCC(c2ccc(NC(=O)C3CN(c4ccnnc4)C3)cc2)CC1. The van der Waals surface area contributed by atoms with Crippen LogP contribution in [0, 0.1) is 11.8 Å². The first-order valence-electron chi connectivity index (χ1n) is 11.3. The highest BCUT2D eigenvalue weighted by Crippen LogP contribution is 2.30. The van der Waals surface area contributed by atoms with Crippen molar-refractivity contribution in [3.8, 4) is 0 Å². The number of hydrogen-bond acceptors (Lipinski definition) is 5. The third kappa shape index (κ3) is 4.86. The summed E-state index contributed by atoms with van der Waals surface area (Å²) in [6, 6.07) is 10.1. The van der Waals surface area contributed by atoms with E-state index < -0.39 is 0 Å². The van der Waals surface area contributed by atoms with E-state index in [1.54, 1.807) is 12.4 Å². The number of benzene rings is 1. The number of aromatic nitrogens is 2. The van der Waals surface area contributed by atoms with Gasteiger partial charge < -0.3 is 15.1 Å². The zero-order chi connectivity index (χ0) is 21.8. The quantitative estimate of drug-likeness (QED) is 0.774. The molecule has 2 aliphatic heterocycles. The molecular weight excluding hydrogens is 390 g/mol. The number of carbonyl (C=O) groups excluding carboxylic acids is 2. The van der Waals surface area contributed by atoms with Crippen LogP contribution in [-0.2, 0) is 9.59 Å². The number of carbonyl (C=O) groups is 2. The molecule has 1 N–H and O–H groups in total. The molecule has 2 aliphatic rings. The molecule has 164 valence electrons. The van der Waals surface area contributed by atoms with Gasteiger partial charge in [0.15, 0.2) is 0 Å². The van der Waals surface area contributed by atoms with Crippen LogP contribution in [0.2, 0.25) is 0 Å². The maximum Gasteiger partial charge on any atom is 0.231 e. The van der Waals surface area contributed by atoms with Gasteiger partial charge in [-0.05, 0) is 48.9 Å². The maximum atomic E-state index is 12.5. The number of piperidine rings is 1. The van der Waals surface area contributed by atoms with Gasteiger partial charge in [0.2, 0.25) is 11.8 Å². The van der Waals surface area contributed by atoms with E-state index in [-0.39, 0.29) is 23.7 Å². The highest BCUT2D eigenvalue weighted by Gasteiger charge is 2.33. The van der Waals surface area contributed by atoms with Gasteiger partial charge in [0, 0.05) is 37.8 Å². The van der Waals surface area contributed by atoms with Crippen molar-refractivity contribution in [2.45, 2.75) is 39.0 Å². The minimum absolute atomic E-state index is 0.0137. The molecule has 1 aromatic heterocycles. The van der Waals surface area contributed by atoms with Gasteiger partial charge in [-0.3, -0.25) is 9.59 Å². The summed E-state index contributed by atoms with van der Waals surface area (Å²) in [5, 5.41) is 10.7. The molecule has 1 atom stereocenters. The normalized spacial score (nSPS) is 18.4. The molecule has 2 saturated heterocycles. The Morgan fingerprint density at radius 1 is 1.10 bits per heavy atom. The molecule has 2 fully saturated rings. The predicted octanol–water partition coefficient (Wildman–Crippen LogP) is 3.30. The van der Waals surface area contributed by atoms with Crippen molar-refractivity contribution in [2.24, 2.45) is 11.8 Å². The van der Waals surface area contributed by atoms with E-state index in [4.69, 9.17) is 0 Å². The number of nitrogens with one attached hydrogen (secondary N) is 1. The van der Waals surface area contributed by atoms with E-state index in [1.165, 1.54) is 5.56 Å². The number of nitrogens with zero attached hydrogens (tertiary/aromatic N) is 4. The summed E-state index contributed by atoms with van der Waals surface area (Å²) in [6.45, 7) is 7.14. The highest BCUT2D eigenvalue weighted by molar-refractivity contribution is 5.94. The molecule has 7 heteroatoms. The van der Waals surface area contributed by atoms with E-state index in [2.05, 4.69) is 39.5 Å². The van der Waals surface area contributed by atoms with Gasteiger partial charge >= 0.3 is 0 Å². The van der Waals surface area contributed by atoms with Crippen LogP contribution in [0.15, 0.2) is 42.7 Å². The second-order valence-corrected chi connectivity index (χ2v) is 8.72. The van der Waals surface area contributed by atoms with E-state index in [0.717, 1.165) is 43.7 Å². The van der Waals surface area contributed by atoms with E-state index in [1.807, 2.05) is 30.0 Å². The molecule has 4 rings (SSSR count). The third-order valence-corrected chi connectivity index (χ3v) is 6.68. The average Bonchev–Trinajstić information content (AvgIpc) is 2.78. The molecule has 0 unspecified atom stereocenters. The van der Waals surface area contributed by atoms with Crippen molar-refractivity contribution in [1.29, 1.82) is 0 Å². The number of amides is 2. The van der Waals surface area contributed by atoms with Crippen LogP contribution in [0.3, 0.4) is 0 Å². The average molecular weight is 422 g/mol. The van der Waals surface area contributed by atoms with Crippen molar-refractivity contribution < 1.29 is 9.59 Å². The minimum atomic E-state index is -0.0137. The molecule has 7 nitrogen and oxygen atoms in total. The smallest absolute Gasteiger partial charge is 0.231 e. The van der Waals surface area contributed by atoms with Gasteiger partial charge in [0.05, 0.1) is 24.0 Å². The second-order valence-electron chi connectivity index (χ2n) is 8.72. The summed E-state index contributed by atoms with van der Waals surface area (Å²) in [5.74, 6) is 0.917. The van der Waals surface area contributed by atoms with Gasteiger partial charge in [-0.2, -0.15) is 10.2 Å². The summed E-state index contributed by atoms with van der Waals surface area (Å²) < 4.78 is 0. The van der Waals surface area contributed by atoms with E-state index >= 15 is 0 Å². The number of anilines is 2. The Balaban J connectivity index is 1.25. The first-order valence-corrected chi connectivity index (χ1v) is 11.3. The standard InChI is InChI=1S/C24H31N5O2/c1-3-17(2)24(31)28-12-9-19(10-13-28)18-4-6-21(7-5-18)27-23(30)20-15-29(16-20)22-8-11-25-26-14-22/h4-8,11,14,17,19-20H,3,9-10,12-13,15-16H2,1-2H3,(H,27,30)/t17-/m0/s1. The number of hydrogen-bond donors (Lipinski definition) is 1. The van der Waals surface area contributed by atoms with Crippen LogP contribution >= 0.6 is 0 Å². The number of rotatable bonds is 6. The van der Waals surface area contributed by atoms with Gasteiger partial charge in [0.25, 0.3) is 0 Å². The van der Waals surface area contributed by atoms with Crippen LogP contribution in [-0.4, -0.2) is 53.1 Å². The lowest BCUT2D eigenvalue weighted by molar-refractivity contribution is -0.136. The van der Waals surface area contributed by atoms with Crippen molar-refractivity contribution in [3.05, 3.63) is 48.3 Å². The summed E-state index contributed by atoms with van der Waals surface area (Å²) in [6.07, 6.45) is 6.27. The lowest BCUT2D eigenvalue weighted by Gasteiger charge is -2.39. The predicted molar refractivity (Wildman–Crippen MR) is 121 cm³/mol. The zero-order valence-electron chi connectivity index (χ0n) is 18.3. The second kappa shape index (κ2) is 9.45. The molecule has 1 aromatic carbocycles. The van der Waals surface area contributed by atoms with Crippen LogP contribution in [0.1, 0.15) is 44.6 Å². The monoisotopic (exact) mass is 421 g/mol. The van der Waals surface area contributed by atoms with E-state index in [0.29, 0.717) is 19.0 Å². The van der Waals surface area contributed by atoms with E-state index in [9.17, 15) is 9.59 Å². The Hall–Kier alpha value is -2.96. The molecular formula is C24H31N5O2. The molecule has 0 spiro atoms. The maximum absolute atomic E-state index is 12.5. The first-order chi connectivity index (χ1) is 15.0. The van der Waals surface area contributed by atoms with Crippen molar-refractivity contribution >= 4 is 23.2 Å². The summed E-state index contributed by atoms with van der Waals surface area (Å²) in [4.78, 5) is 29.1. The molecule has 0 bridgehead atoms. The lowest BCUT2D eigenvalue weighted by atomic mass is 9.89. The summed E-state index contributed by atoms with van der Waals surface area (Å²) in [5.41, 5.74) is 3.12. The van der Waals surface area contributed by atoms with Crippen molar-refractivity contribution in [3.63, 3.8) is 0 Å². The fraction of sp³-hybridized carbons (Fsp3) is 0.500. The Bertz CT molecular complexity index is 888. The van der Waals surface area contributed by atoms with Crippen LogP contribution in [0.25, 0.3) is 0 Å². The fourth-order valence-corrected chi connectivity index (χ4v) is 4.33. The first kappa shape index (κ1) is 21.3. The molecule has 0 saturated carbocycles. The van der Waals surface area contributed by atoms with Crippen LogP contribution in [0.4, 0.5) is 11.4 Å². The molecule has 3 heterocycles. The molecule has 0 aliphatic carbocycles. The third-order valence-electron chi connectivity index (χ3n) is 6.68. The minimum Gasteiger partial charge on any atom is -0.368 e. The Labute approximate surface area is 183 Å². The van der Waals surface area contributed by atoms with Crippen molar-refractivity contribution in [2.75, 3.05) is 36.4 Å². The highest BCUT2D eigenvalue weighted by atomic mass is 16.2. The van der Waals surface area contributed by atoms with Gasteiger partial charge in [-0.1, -0.05) is 26.0 Å². The Morgan fingerprint density at radius 2 is 1.81 bits per heavy atom. The molecule has 0 radical (unpaired) electrons. The van der Waals surface area contributed by atoms with Crippen molar-refractivity contribution in [1.82, 2.24) is 15.1 Å². The van der Waals surface area contributed by atoms with Gasteiger partial charge in [-0.15, -0.1) is 0 Å². The van der Waals surface area contributed by atoms with Crippen LogP contribution < -0.4 is 10.2 Å². The van der Waals surface area contributed by atoms with Crippen LogP contribution in [0.5, 0.6) is 0 Å². The summed E-state index contributed by atoms with van der Waals surface area (Å²) in [7, 11) is 0. The van der Waals surface area contributed by atoms with Gasteiger partial charge in [-0.25, -0.2) is 0 Å². The fourth-order valence-electron chi connectivity index (χ4n) is 4.33. The van der Waals surface area contributed by atoms with Gasteiger partial charge in [0.1, 0.15) is 0 Å². The largest absolute Gasteiger partial charge is 0.368 e. The topological polar surface area (TPSA) is 78.4 Å². The molecule has 2 amide bonds. The molecule has 2 aromatic rings.